The predicted octanol–water partition coefficient (Wildman–Crippen LogP) is 2.29. The third kappa shape index (κ3) is 3.28. The van der Waals surface area contributed by atoms with Crippen molar-refractivity contribution in [3.63, 3.8) is 0 Å². The van der Waals surface area contributed by atoms with Crippen LogP contribution in [0.1, 0.15) is 39.0 Å². The monoisotopic (exact) mass is 185 g/mol. The molecule has 2 unspecified atom stereocenters. The van der Waals surface area contributed by atoms with E-state index in [1.54, 1.807) is 0 Å². The van der Waals surface area contributed by atoms with Crippen molar-refractivity contribution in [1.82, 2.24) is 4.90 Å². The molecule has 1 fully saturated rings. The van der Waals surface area contributed by atoms with Gasteiger partial charge in [-0.2, -0.15) is 0 Å². The summed E-state index contributed by atoms with van der Waals surface area (Å²) in [4.78, 5) is 2.51. The van der Waals surface area contributed by atoms with E-state index < -0.39 is 0 Å². The van der Waals surface area contributed by atoms with E-state index >= 15 is 0 Å². The van der Waals surface area contributed by atoms with E-state index in [0.29, 0.717) is 6.10 Å². The lowest BCUT2D eigenvalue weighted by molar-refractivity contribution is 0.0595. The molecule has 13 heavy (non-hydrogen) atoms. The van der Waals surface area contributed by atoms with Crippen molar-refractivity contribution in [2.75, 3.05) is 20.7 Å². The Balaban J connectivity index is 2.40. The molecule has 0 aromatic carbocycles. The van der Waals surface area contributed by atoms with Crippen molar-refractivity contribution in [2.45, 2.75) is 51.2 Å². The third-order valence-electron chi connectivity index (χ3n) is 3.29. The van der Waals surface area contributed by atoms with Crippen LogP contribution >= 0.6 is 0 Å². The minimum Gasteiger partial charge on any atom is -0.381 e. The average molecular weight is 185 g/mol. The van der Waals surface area contributed by atoms with Crippen LogP contribution in [0.15, 0.2) is 0 Å². The summed E-state index contributed by atoms with van der Waals surface area (Å²) in [6, 6.07) is 0.776. The first kappa shape index (κ1) is 11.0. The SMILES string of the molecule is CCC1CCC(OC)CCCN1C. The van der Waals surface area contributed by atoms with Gasteiger partial charge in [-0.1, -0.05) is 6.92 Å². The Bertz CT molecular complexity index is 138. The lowest BCUT2D eigenvalue weighted by Gasteiger charge is -2.31. The maximum absolute atomic E-state index is 5.44. The number of rotatable bonds is 2. The lowest BCUT2D eigenvalue weighted by Crippen LogP contribution is -2.35. The Morgan fingerprint density at radius 1 is 1.31 bits per heavy atom. The van der Waals surface area contributed by atoms with Crippen molar-refractivity contribution < 1.29 is 4.74 Å². The summed E-state index contributed by atoms with van der Waals surface area (Å²) in [5, 5.41) is 0. The van der Waals surface area contributed by atoms with E-state index in [2.05, 4.69) is 18.9 Å². The van der Waals surface area contributed by atoms with E-state index in [1.807, 2.05) is 7.11 Å². The molecule has 0 saturated carbocycles. The predicted molar refractivity (Wildman–Crippen MR) is 56.0 cm³/mol. The average Bonchev–Trinajstić information content (AvgIpc) is 2.12. The molecular formula is C11H23NO. The van der Waals surface area contributed by atoms with E-state index in [0.717, 1.165) is 6.04 Å². The van der Waals surface area contributed by atoms with Gasteiger partial charge in [0, 0.05) is 13.2 Å². The number of nitrogens with zero attached hydrogens (tertiary/aromatic N) is 1. The number of methoxy groups -OCH3 is 1. The van der Waals surface area contributed by atoms with Crippen molar-refractivity contribution >= 4 is 0 Å². The standard InChI is InChI=1S/C11H23NO/c1-4-10-7-8-11(13-3)6-5-9-12(10)2/h10-11H,4-9H2,1-3H3. The lowest BCUT2D eigenvalue weighted by atomic mass is 9.98. The summed E-state index contributed by atoms with van der Waals surface area (Å²) in [7, 11) is 4.10. The molecule has 0 N–H and O–H groups in total. The van der Waals surface area contributed by atoms with Crippen LogP contribution in [-0.2, 0) is 4.74 Å². The van der Waals surface area contributed by atoms with Gasteiger partial charge in [0.05, 0.1) is 6.10 Å². The van der Waals surface area contributed by atoms with E-state index in [9.17, 15) is 0 Å². The van der Waals surface area contributed by atoms with Gasteiger partial charge in [0.2, 0.25) is 0 Å². The third-order valence-corrected chi connectivity index (χ3v) is 3.29. The zero-order valence-corrected chi connectivity index (χ0v) is 9.25. The second kappa shape index (κ2) is 5.61. The summed E-state index contributed by atoms with van der Waals surface area (Å²) in [6.45, 7) is 3.52. The Morgan fingerprint density at radius 2 is 2.08 bits per heavy atom. The zero-order valence-electron chi connectivity index (χ0n) is 9.25. The molecule has 1 rings (SSSR count). The fourth-order valence-corrected chi connectivity index (χ4v) is 2.25. The molecule has 0 aliphatic carbocycles. The molecule has 1 aliphatic heterocycles. The molecule has 0 radical (unpaired) electrons. The topological polar surface area (TPSA) is 12.5 Å². The summed E-state index contributed by atoms with van der Waals surface area (Å²) < 4.78 is 5.44. The smallest absolute Gasteiger partial charge is 0.0572 e. The maximum Gasteiger partial charge on any atom is 0.0572 e. The van der Waals surface area contributed by atoms with Gasteiger partial charge in [-0.05, 0) is 45.7 Å². The molecule has 1 saturated heterocycles. The molecule has 0 spiro atoms. The van der Waals surface area contributed by atoms with Crippen molar-refractivity contribution in [3.8, 4) is 0 Å². The maximum atomic E-state index is 5.44. The molecular weight excluding hydrogens is 162 g/mol. The van der Waals surface area contributed by atoms with Crippen LogP contribution in [0.4, 0.5) is 0 Å². The molecule has 0 aromatic rings. The molecule has 2 nitrogen and oxygen atoms in total. The first-order valence-corrected chi connectivity index (χ1v) is 5.51. The van der Waals surface area contributed by atoms with Crippen LogP contribution in [0.25, 0.3) is 0 Å². The molecule has 2 heteroatoms. The molecule has 2 atom stereocenters. The van der Waals surface area contributed by atoms with Crippen LogP contribution in [-0.4, -0.2) is 37.7 Å². The van der Waals surface area contributed by atoms with Crippen LogP contribution in [0.5, 0.6) is 0 Å². The highest BCUT2D eigenvalue weighted by molar-refractivity contribution is 4.73. The zero-order chi connectivity index (χ0) is 9.68. The van der Waals surface area contributed by atoms with Crippen LogP contribution in [0, 0.1) is 0 Å². The van der Waals surface area contributed by atoms with Crippen LogP contribution < -0.4 is 0 Å². The van der Waals surface area contributed by atoms with E-state index in [1.165, 1.54) is 38.6 Å². The summed E-state index contributed by atoms with van der Waals surface area (Å²) in [5.74, 6) is 0. The Hall–Kier alpha value is -0.0800. The molecule has 0 aromatic heterocycles. The molecule has 0 bridgehead atoms. The number of likely N-dealkylation sites (tertiary alicyclic amines) is 1. The molecule has 0 amide bonds. The first-order chi connectivity index (χ1) is 6.27. The summed E-state index contributed by atoms with van der Waals surface area (Å²) in [6.07, 6.45) is 6.84. The Labute approximate surface area is 82.3 Å². The van der Waals surface area contributed by atoms with Crippen LogP contribution in [0.3, 0.4) is 0 Å². The highest BCUT2D eigenvalue weighted by Gasteiger charge is 2.18. The largest absolute Gasteiger partial charge is 0.381 e. The van der Waals surface area contributed by atoms with Gasteiger partial charge in [0.15, 0.2) is 0 Å². The molecule has 1 aliphatic rings. The fraction of sp³-hybridized carbons (Fsp3) is 1.00. The van der Waals surface area contributed by atoms with E-state index in [-0.39, 0.29) is 0 Å². The Morgan fingerprint density at radius 3 is 2.69 bits per heavy atom. The van der Waals surface area contributed by atoms with Gasteiger partial charge in [0.1, 0.15) is 0 Å². The molecule has 78 valence electrons. The highest BCUT2D eigenvalue weighted by atomic mass is 16.5. The highest BCUT2D eigenvalue weighted by Crippen LogP contribution is 2.19. The van der Waals surface area contributed by atoms with Gasteiger partial charge < -0.3 is 9.64 Å². The van der Waals surface area contributed by atoms with Crippen molar-refractivity contribution in [1.29, 1.82) is 0 Å². The summed E-state index contributed by atoms with van der Waals surface area (Å²) >= 11 is 0. The van der Waals surface area contributed by atoms with Crippen molar-refractivity contribution in [3.05, 3.63) is 0 Å². The Kier molecular flexibility index (Phi) is 4.74. The quantitative estimate of drug-likeness (QED) is 0.654. The van der Waals surface area contributed by atoms with Gasteiger partial charge in [0.25, 0.3) is 0 Å². The van der Waals surface area contributed by atoms with Gasteiger partial charge in [-0.25, -0.2) is 0 Å². The van der Waals surface area contributed by atoms with Gasteiger partial charge >= 0.3 is 0 Å². The second-order valence-electron chi connectivity index (χ2n) is 4.12. The molecule has 1 heterocycles. The minimum atomic E-state index is 0.516. The minimum absolute atomic E-state index is 0.516. The van der Waals surface area contributed by atoms with Crippen LogP contribution in [0.2, 0.25) is 0 Å². The normalized spacial score (nSPS) is 32.5. The van der Waals surface area contributed by atoms with Crippen molar-refractivity contribution in [2.24, 2.45) is 0 Å². The first-order valence-electron chi connectivity index (χ1n) is 5.51. The number of ether oxygens (including phenoxy) is 1. The number of hydrogen-bond acceptors (Lipinski definition) is 2. The second-order valence-corrected chi connectivity index (χ2v) is 4.12. The van der Waals surface area contributed by atoms with Gasteiger partial charge in [-0.3, -0.25) is 0 Å². The fourth-order valence-electron chi connectivity index (χ4n) is 2.25. The van der Waals surface area contributed by atoms with E-state index in [4.69, 9.17) is 4.74 Å². The van der Waals surface area contributed by atoms with Gasteiger partial charge in [-0.15, -0.1) is 0 Å². The number of hydrogen-bond donors (Lipinski definition) is 0. The summed E-state index contributed by atoms with van der Waals surface area (Å²) in [5.41, 5.74) is 0.